The monoisotopic (exact) mass is 398 g/mol. The predicted octanol–water partition coefficient (Wildman–Crippen LogP) is -2.28. The van der Waals surface area contributed by atoms with Gasteiger partial charge in [-0.1, -0.05) is 0 Å². The average Bonchev–Trinajstić information content (AvgIpc) is 3.14. The molecule has 0 saturated carbocycles. The number of aliphatic hydroxyl groups is 2. The van der Waals surface area contributed by atoms with Crippen LogP contribution in [0, 0.1) is 0 Å². The van der Waals surface area contributed by atoms with Gasteiger partial charge in [0.05, 0.1) is 12.7 Å². The Labute approximate surface area is 166 Å². The topological polar surface area (TPSA) is 86.3 Å². The Morgan fingerprint density at radius 3 is 2.18 bits per heavy atom. The van der Waals surface area contributed by atoms with Crippen molar-refractivity contribution in [2.45, 2.75) is 32.2 Å². The first-order valence-corrected chi connectivity index (χ1v) is 10.2. The molecule has 0 unspecified atom stereocenters. The fraction of sp³-hybridized carbons (Fsp3) is 0.700. The van der Waals surface area contributed by atoms with Crippen LogP contribution in [-0.4, -0.2) is 87.8 Å². The van der Waals surface area contributed by atoms with Gasteiger partial charge in [0, 0.05) is 6.07 Å². The Hall–Kier alpha value is -1.58. The lowest BCUT2D eigenvalue weighted by atomic mass is 10.2. The summed E-state index contributed by atoms with van der Waals surface area (Å²) < 4.78 is 21.8. The lowest BCUT2D eigenvalue weighted by molar-refractivity contribution is -1.01. The maximum Gasteiger partial charge on any atom is 0.231 e. The van der Waals surface area contributed by atoms with Crippen molar-refractivity contribution < 1.29 is 39.0 Å². The van der Waals surface area contributed by atoms with E-state index in [2.05, 4.69) is 0 Å². The van der Waals surface area contributed by atoms with Crippen molar-refractivity contribution >= 4 is 0 Å². The van der Waals surface area contributed by atoms with Gasteiger partial charge in [0.25, 0.3) is 0 Å². The quantitative estimate of drug-likeness (QED) is 0.356. The molecule has 28 heavy (non-hydrogen) atoms. The number of rotatable bonds is 10. The van der Waals surface area contributed by atoms with Gasteiger partial charge < -0.3 is 39.0 Å². The van der Waals surface area contributed by atoms with E-state index in [1.54, 1.807) is 6.07 Å². The second-order valence-corrected chi connectivity index (χ2v) is 7.92. The maximum atomic E-state index is 10.3. The molecule has 4 N–H and O–H groups in total. The molecular formula is C20H34N2O6+2. The standard InChI is InChI=1S/C20H32N2O6/c1-15(2)25-12-16(23)10-21-5-7-22(8-6-21)11-17(24)13-26-18-3-4-19-20(9-18)28-14-27-19/h3-4,9,15-17,23-24H,5-8,10-14H2,1-2H3/p+2/t16-,17-/m0/s1. The first-order valence-electron chi connectivity index (χ1n) is 10.2. The minimum Gasteiger partial charge on any atom is -0.491 e. The van der Waals surface area contributed by atoms with Gasteiger partial charge in [0.2, 0.25) is 6.79 Å². The predicted molar refractivity (Wildman–Crippen MR) is 102 cm³/mol. The number of hydrogen-bond acceptors (Lipinski definition) is 6. The van der Waals surface area contributed by atoms with Crippen molar-refractivity contribution in [1.29, 1.82) is 0 Å². The molecule has 1 fully saturated rings. The Balaban J connectivity index is 1.32. The molecule has 0 aliphatic carbocycles. The third-order valence-corrected chi connectivity index (χ3v) is 5.12. The zero-order valence-electron chi connectivity index (χ0n) is 16.9. The van der Waals surface area contributed by atoms with Gasteiger partial charge in [0.15, 0.2) is 11.5 Å². The van der Waals surface area contributed by atoms with E-state index >= 15 is 0 Å². The van der Waals surface area contributed by atoms with E-state index in [0.717, 1.165) is 38.5 Å². The van der Waals surface area contributed by atoms with E-state index in [9.17, 15) is 10.2 Å². The van der Waals surface area contributed by atoms with Gasteiger partial charge >= 0.3 is 0 Å². The van der Waals surface area contributed by atoms with Gasteiger partial charge in [-0.2, -0.15) is 0 Å². The average molecular weight is 399 g/mol. The van der Waals surface area contributed by atoms with E-state index in [1.807, 2.05) is 26.0 Å². The molecule has 0 spiro atoms. The molecule has 8 heteroatoms. The lowest BCUT2D eigenvalue weighted by Gasteiger charge is -2.31. The van der Waals surface area contributed by atoms with Crippen molar-refractivity contribution in [3.8, 4) is 17.2 Å². The number of aliphatic hydroxyl groups excluding tert-OH is 2. The van der Waals surface area contributed by atoms with Crippen LogP contribution >= 0.6 is 0 Å². The fourth-order valence-electron chi connectivity index (χ4n) is 3.61. The fourth-order valence-corrected chi connectivity index (χ4v) is 3.61. The van der Waals surface area contributed by atoms with Gasteiger partial charge in [-0.3, -0.25) is 0 Å². The van der Waals surface area contributed by atoms with Crippen LogP contribution in [0.5, 0.6) is 17.2 Å². The number of hydrogen-bond donors (Lipinski definition) is 4. The highest BCUT2D eigenvalue weighted by Gasteiger charge is 2.27. The summed E-state index contributed by atoms with van der Waals surface area (Å²) in [5.41, 5.74) is 0. The summed E-state index contributed by atoms with van der Waals surface area (Å²) in [6.45, 7) is 10.2. The molecule has 0 radical (unpaired) electrons. The summed E-state index contributed by atoms with van der Waals surface area (Å²) in [7, 11) is 0. The molecule has 0 amide bonds. The molecule has 1 saturated heterocycles. The zero-order chi connectivity index (χ0) is 19.9. The molecule has 2 atom stereocenters. The molecule has 1 aromatic carbocycles. The van der Waals surface area contributed by atoms with Crippen LogP contribution in [0.3, 0.4) is 0 Å². The highest BCUT2D eigenvalue weighted by Crippen LogP contribution is 2.35. The second-order valence-electron chi connectivity index (χ2n) is 7.92. The Bertz CT molecular complexity index is 606. The van der Waals surface area contributed by atoms with Crippen LogP contribution in [-0.2, 0) is 4.74 Å². The summed E-state index contributed by atoms with van der Waals surface area (Å²) in [4.78, 5) is 2.77. The molecule has 158 valence electrons. The van der Waals surface area contributed by atoms with Crippen LogP contribution < -0.4 is 24.0 Å². The SMILES string of the molecule is CC(C)OC[C@@H](O)C[NH+]1CC[NH+](C[C@H](O)COc2ccc3c(c2)OCO3)CC1. The first kappa shape index (κ1) is 21.1. The molecule has 2 aliphatic heterocycles. The van der Waals surface area contributed by atoms with Crippen LogP contribution in [0.15, 0.2) is 18.2 Å². The van der Waals surface area contributed by atoms with E-state index in [-0.39, 0.29) is 19.5 Å². The van der Waals surface area contributed by atoms with Gasteiger partial charge in [-0.05, 0) is 26.0 Å². The third-order valence-electron chi connectivity index (χ3n) is 5.12. The number of quaternary nitrogens is 2. The van der Waals surface area contributed by atoms with Crippen LogP contribution in [0.4, 0.5) is 0 Å². The lowest BCUT2D eigenvalue weighted by Crippen LogP contribution is -3.29. The van der Waals surface area contributed by atoms with Crippen molar-refractivity contribution in [3.05, 3.63) is 18.2 Å². The first-order chi connectivity index (χ1) is 13.5. The zero-order valence-corrected chi connectivity index (χ0v) is 16.9. The van der Waals surface area contributed by atoms with Gasteiger partial charge in [-0.25, -0.2) is 0 Å². The minimum atomic E-state index is -0.521. The smallest absolute Gasteiger partial charge is 0.231 e. The molecule has 2 aliphatic rings. The number of ether oxygens (including phenoxy) is 4. The summed E-state index contributed by atoms with van der Waals surface area (Å²) in [5.74, 6) is 2.07. The number of nitrogens with one attached hydrogen (secondary N) is 2. The highest BCUT2D eigenvalue weighted by atomic mass is 16.7. The molecular weight excluding hydrogens is 364 g/mol. The Morgan fingerprint density at radius 1 is 0.929 bits per heavy atom. The summed E-state index contributed by atoms with van der Waals surface area (Å²) >= 11 is 0. The molecule has 1 aromatic rings. The Kier molecular flexibility index (Phi) is 7.75. The van der Waals surface area contributed by atoms with Crippen molar-refractivity contribution in [1.82, 2.24) is 0 Å². The maximum absolute atomic E-state index is 10.3. The molecule has 8 nitrogen and oxygen atoms in total. The number of piperazine rings is 1. The largest absolute Gasteiger partial charge is 0.491 e. The normalized spacial score (nSPS) is 23.6. The van der Waals surface area contributed by atoms with Crippen molar-refractivity contribution in [3.63, 3.8) is 0 Å². The van der Waals surface area contributed by atoms with E-state index in [4.69, 9.17) is 18.9 Å². The van der Waals surface area contributed by atoms with Crippen LogP contribution in [0.1, 0.15) is 13.8 Å². The summed E-state index contributed by atoms with van der Waals surface area (Å²) in [6, 6.07) is 5.43. The van der Waals surface area contributed by atoms with Gasteiger partial charge in [-0.15, -0.1) is 0 Å². The summed E-state index contributed by atoms with van der Waals surface area (Å²) in [6.07, 6.45) is -0.793. The van der Waals surface area contributed by atoms with Crippen molar-refractivity contribution in [2.24, 2.45) is 0 Å². The molecule has 0 aromatic heterocycles. The highest BCUT2D eigenvalue weighted by molar-refractivity contribution is 5.46. The molecule has 3 rings (SSSR count). The van der Waals surface area contributed by atoms with Crippen LogP contribution in [0.25, 0.3) is 0 Å². The number of fused-ring (bicyclic) bond motifs is 1. The van der Waals surface area contributed by atoms with E-state index in [0.29, 0.717) is 24.7 Å². The molecule has 0 bridgehead atoms. The van der Waals surface area contributed by atoms with Gasteiger partial charge in [0.1, 0.15) is 63.8 Å². The minimum absolute atomic E-state index is 0.146. The molecule has 2 heterocycles. The van der Waals surface area contributed by atoms with E-state index < -0.39 is 12.2 Å². The summed E-state index contributed by atoms with van der Waals surface area (Å²) in [5, 5.41) is 20.4. The van der Waals surface area contributed by atoms with Crippen molar-refractivity contribution in [2.75, 3.05) is 59.3 Å². The Morgan fingerprint density at radius 2 is 1.54 bits per heavy atom. The van der Waals surface area contributed by atoms with Crippen LogP contribution in [0.2, 0.25) is 0 Å². The van der Waals surface area contributed by atoms with E-state index in [1.165, 1.54) is 9.80 Å². The second kappa shape index (κ2) is 10.3. The number of benzene rings is 1. The third kappa shape index (κ3) is 6.49.